The Morgan fingerprint density at radius 3 is 2.41 bits per heavy atom. The predicted molar refractivity (Wildman–Crippen MR) is 127 cm³/mol. The van der Waals surface area contributed by atoms with Crippen molar-refractivity contribution in [3.05, 3.63) is 93.0 Å². The van der Waals surface area contributed by atoms with Gasteiger partial charge in [-0.25, -0.2) is 0 Å². The summed E-state index contributed by atoms with van der Waals surface area (Å²) in [6.07, 6.45) is 0.668. The van der Waals surface area contributed by atoms with Gasteiger partial charge in [-0.2, -0.15) is 0 Å². The smallest absolute Gasteiger partial charge is 0.269 e. The molecule has 0 saturated carbocycles. The lowest BCUT2D eigenvalue weighted by molar-refractivity contribution is -0.384. The molecular formula is C26H26N2O6. The van der Waals surface area contributed by atoms with Gasteiger partial charge in [-0.05, 0) is 60.9 Å². The summed E-state index contributed by atoms with van der Waals surface area (Å²) >= 11 is 0. The van der Waals surface area contributed by atoms with Crippen molar-refractivity contribution < 1.29 is 23.9 Å². The molecule has 0 radical (unpaired) electrons. The first-order chi connectivity index (χ1) is 16.4. The van der Waals surface area contributed by atoms with Crippen LogP contribution in [0.1, 0.15) is 33.1 Å². The molecule has 1 aliphatic heterocycles. The number of fused-ring (bicyclic) bond motifs is 1. The number of hydrogen-bond acceptors (Lipinski definition) is 6. The van der Waals surface area contributed by atoms with E-state index in [-0.39, 0.29) is 24.2 Å². The average molecular weight is 463 g/mol. The fraction of sp³-hybridized carbons (Fsp3) is 0.269. The number of aryl methyl sites for hydroxylation is 1. The van der Waals surface area contributed by atoms with Crippen LogP contribution >= 0.6 is 0 Å². The van der Waals surface area contributed by atoms with Crippen molar-refractivity contribution >= 4 is 11.6 Å². The fourth-order valence-corrected chi connectivity index (χ4v) is 4.23. The first-order valence-electron chi connectivity index (χ1n) is 10.9. The van der Waals surface area contributed by atoms with Gasteiger partial charge in [-0.3, -0.25) is 14.9 Å². The molecule has 0 fully saturated rings. The zero-order valence-electron chi connectivity index (χ0n) is 19.3. The van der Waals surface area contributed by atoms with Gasteiger partial charge in [0.2, 0.25) is 0 Å². The van der Waals surface area contributed by atoms with Crippen LogP contribution in [0.15, 0.2) is 60.7 Å². The summed E-state index contributed by atoms with van der Waals surface area (Å²) in [6.45, 7) is 2.65. The normalized spacial score (nSPS) is 14.8. The number of ether oxygens (including phenoxy) is 3. The second kappa shape index (κ2) is 9.82. The van der Waals surface area contributed by atoms with Crippen LogP contribution in [0, 0.1) is 17.0 Å². The minimum absolute atomic E-state index is 0.0107. The Labute approximate surface area is 197 Å². The lowest BCUT2D eigenvalue weighted by Crippen LogP contribution is -2.42. The molecule has 176 valence electrons. The van der Waals surface area contributed by atoms with E-state index >= 15 is 0 Å². The fourth-order valence-electron chi connectivity index (χ4n) is 4.23. The first kappa shape index (κ1) is 23.1. The highest BCUT2D eigenvalue weighted by molar-refractivity contribution is 5.95. The number of hydrogen-bond donors (Lipinski definition) is 0. The average Bonchev–Trinajstić information content (AvgIpc) is 2.86. The highest BCUT2D eigenvalue weighted by Crippen LogP contribution is 2.39. The third kappa shape index (κ3) is 4.66. The summed E-state index contributed by atoms with van der Waals surface area (Å²) in [4.78, 5) is 25.8. The molecule has 1 heterocycles. The number of amides is 1. The summed E-state index contributed by atoms with van der Waals surface area (Å²) in [7, 11) is 3.17. The quantitative estimate of drug-likeness (QED) is 0.372. The van der Waals surface area contributed by atoms with Crippen LogP contribution in [0.5, 0.6) is 17.2 Å². The molecule has 0 spiro atoms. The lowest BCUT2D eigenvalue weighted by Gasteiger charge is -2.37. The van der Waals surface area contributed by atoms with E-state index in [1.165, 1.54) is 12.1 Å². The molecule has 3 aromatic carbocycles. The van der Waals surface area contributed by atoms with Crippen LogP contribution in [0.2, 0.25) is 0 Å². The van der Waals surface area contributed by atoms with Crippen LogP contribution in [0.25, 0.3) is 0 Å². The highest BCUT2D eigenvalue weighted by atomic mass is 16.6. The minimum atomic E-state index is -0.455. The Balaban J connectivity index is 1.68. The largest absolute Gasteiger partial charge is 0.493 e. The molecule has 8 heteroatoms. The predicted octanol–water partition coefficient (Wildman–Crippen LogP) is 4.74. The van der Waals surface area contributed by atoms with E-state index in [0.29, 0.717) is 35.8 Å². The topological polar surface area (TPSA) is 91.1 Å². The standard InChI is InChI=1S/C26H26N2O6/c1-17-5-4-6-19(13-17)26(29)27-12-11-18-14-24(32-2)25(33-3)15-22(18)23(27)16-34-21-9-7-20(8-10-21)28(30)31/h4-10,13-15,23H,11-12,16H2,1-3H3/t23-/m0/s1. The molecule has 4 rings (SSSR count). The van der Waals surface area contributed by atoms with Crippen LogP contribution in [0.3, 0.4) is 0 Å². The third-order valence-electron chi connectivity index (χ3n) is 5.98. The van der Waals surface area contributed by atoms with E-state index in [0.717, 1.165) is 16.7 Å². The molecule has 1 atom stereocenters. The maximum Gasteiger partial charge on any atom is 0.269 e. The second-order valence-electron chi connectivity index (χ2n) is 8.10. The molecule has 0 N–H and O–H groups in total. The van der Waals surface area contributed by atoms with E-state index < -0.39 is 4.92 Å². The van der Waals surface area contributed by atoms with Gasteiger partial charge in [0, 0.05) is 24.2 Å². The van der Waals surface area contributed by atoms with Crippen molar-refractivity contribution in [3.63, 3.8) is 0 Å². The highest BCUT2D eigenvalue weighted by Gasteiger charge is 2.33. The molecule has 0 unspecified atom stereocenters. The van der Waals surface area contributed by atoms with E-state index in [9.17, 15) is 14.9 Å². The summed E-state index contributed by atoms with van der Waals surface area (Å²) in [5.41, 5.74) is 3.59. The van der Waals surface area contributed by atoms with Gasteiger partial charge in [0.25, 0.3) is 11.6 Å². The van der Waals surface area contributed by atoms with Gasteiger partial charge in [0.05, 0.1) is 25.2 Å². The second-order valence-corrected chi connectivity index (χ2v) is 8.10. The molecule has 8 nitrogen and oxygen atoms in total. The molecule has 0 aromatic heterocycles. The van der Waals surface area contributed by atoms with Crippen molar-refractivity contribution in [1.82, 2.24) is 4.90 Å². The van der Waals surface area contributed by atoms with Crippen molar-refractivity contribution in [3.8, 4) is 17.2 Å². The van der Waals surface area contributed by atoms with Gasteiger partial charge < -0.3 is 19.1 Å². The molecular weight excluding hydrogens is 436 g/mol. The molecule has 0 aliphatic carbocycles. The minimum Gasteiger partial charge on any atom is -0.493 e. The van der Waals surface area contributed by atoms with Gasteiger partial charge in [0.1, 0.15) is 12.4 Å². The van der Waals surface area contributed by atoms with E-state index in [1.54, 1.807) is 26.4 Å². The third-order valence-corrected chi connectivity index (χ3v) is 5.98. The number of nitro groups is 1. The molecule has 1 aliphatic rings. The summed E-state index contributed by atoms with van der Waals surface area (Å²) < 4.78 is 17.0. The van der Waals surface area contributed by atoms with Crippen molar-refractivity contribution in [1.29, 1.82) is 0 Å². The lowest BCUT2D eigenvalue weighted by atomic mass is 9.91. The molecule has 34 heavy (non-hydrogen) atoms. The van der Waals surface area contributed by atoms with E-state index in [2.05, 4.69) is 0 Å². The number of nitrogens with zero attached hydrogens (tertiary/aromatic N) is 2. The number of carbonyl (C=O) groups is 1. The zero-order chi connectivity index (χ0) is 24.2. The number of rotatable bonds is 7. The number of methoxy groups -OCH3 is 2. The summed E-state index contributed by atoms with van der Waals surface area (Å²) in [5, 5.41) is 10.9. The number of carbonyl (C=O) groups excluding carboxylic acids is 1. The first-order valence-corrected chi connectivity index (χ1v) is 10.9. The molecule has 0 bridgehead atoms. The van der Waals surface area contributed by atoms with E-state index in [4.69, 9.17) is 14.2 Å². The van der Waals surface area contributed by atoms with Crippen LogP contribution in [-0.2, 0) is 6.42 Å². The van der Waals surface area contributed by atoms with Crippen molar-refractivity contribution in [2.75, 3.05) is 27.4 Å². The van der Waals surface area contributed by atoms with Crippen LogP contribution < -0.4 is 14.2 Å². The zero-order valence-corrected chi connectivity index (χ0v) is 19.3. The van der Waals surface area contributed by atoms with Crippen molar-refractivity contribution in [2.24, 2.45) is 0 Å². The number of nitro benzene ring substituents is 1. The van der Waals surface area contributed by atoms with Crippen LogP contribution in [0.4, 0.5) is 5.69 Å². The Hall–Kier alpha value is -4.07. The molecule has 3 aromatic rings. The molecule has 1 amide bonds. The van der Waals surface area contributed by atoms with Crippen molar-refractivity contribution in [2.45, 2.75) is 19.4 Å². The Morgan fingerprint density at radius 2 is 1.76 bits per heavy atom. The van der Waals surface area contributed by atoms with Crippen LogP contribution in [-0.4, -0.2) is 43.1 Å². The number of benzene rings is 3. The Morgan fingerprint density at radius 1 is 1.06 bits per heavy atom. The number of non-ortho nitro benzene ring substituents is 1. The molecule has 0 saturated heterocycles. The van der Waals surface area contributed by atoms with Gasteiger partial charge in [-0.15, -0.1) is 0 Å². The monoisotopic (exact) mass is 462 g/mol. The maximum absolute atomic E-state index is 13.5. The van der Waals surface area contributed by atoms with Gasteiger partial charge in [0.15, 0.2) is 11.5 Å². The summed E-state index contributed by atoms with van der Waals surface area (Å²) in [6, 6.07) is 16.9. The van der Waals surface area contributed by atoms with Gasteiger partial charge in [-0.1, -0.05) is 17.7 Å². The Kier molecular flexibility index (Phi) is 6.67. The SMILES string of the molecule is COc1cc2c(cc1OC)[C@H](COc1ccc([N+](=O)[O-])cc1)N(C(=O)c1cccc(C)c1)CC2. The van der Waals surface area contributed by atoms with E-state index in [1.807, 2.05) is 48.2 Å². The summed E-state index contributed by atoms with van der Waals surface area (Å²) in [5.74, 6) is 1.61. The Bertz CT molecular complexity index is 1210. The van der Waals surface area contributed by atoms with Gasteiger partial charge >= 0.3 is 0 Å². The maximum atomic E-state index is 13.5.